The van der Waals surface area contributed by atoms with Crippen molar-refractivity contribution in [2.75, 3.05) is 37.0 Å². The third kappa shape index (κ3) is 4.89. The summed E-state index contributed by atoms with van der Waals surface area (Å²) in [7, 11) is 1.94. The number of hydrogen-bond acceptors (Lipinski definition) is 9. The zero-order chi connectivity index (χ0) is 24.6. The molecule has 0 spiro atoms. The summed E-state index contributed by atoms with van der Waals surface area (Å²) in [4.78, 5) is 6.70. The molecule has 0 aromatic carbocycles. The Morgan fingerprint density at radius 3 is 2.94 bits per heavy atom. The molecular formula is C24H29N9O2. The van der Waals surface area contributed by atoms with Crippen molar-refractivity contribution in [1.29, 1.82) is 5.26 Å². The lowest BCUT2D eigenvalue weighted by Gasteiger charge is -2.24. The molecule has 11 nitrogen and oxygen atoms in total. The monoisotopic (exact) mass is 475 g/mol. The fourth-order valence-corrected chi connectivity index (χ4v) is 4.32. The molecule has 2 aliphatic heterocycles. The van der Waals surface area contributed by atoms with Crippen LogP contribution in [0.2, 0.25) is 0 Å². The first-order valence-electron chi connectivity index (χ1n) is 11.7. The lowest BCUT2D eigenvalue weighted by molar-refractivity contribution is 0.0711. The van der Waals surface area contributed by atoms with Crippen molar-refractivity contribution in [3.05, 3.63) is 41.5 Å². The second-order valence-electron chi connectivity index (χ2n) is 9.70. The van der Waals surface area contributed by atoms with Crippen molar-refractivity contribution in [2.45, 2.75) is 44.8 Å². The summed E-state index contributed by atoms with van der Waals surface area (Å²) >= 11 is 0. The molecule has 0 bridgehead atoms. The highest BCUT2D eigenvalue weighted by atomic mass is 16.5. The third-order valence-electron chi connectivity index (χ3n) is 6.17. The Hall–Kier alpha value is -3.75. The Morgan fingerprint density at radius 2 is 2.20 bits per heavy atom. The number of nitrogens with zero attached hydrogens (tertiary/aromatic N) is 8. The van der Waals surface area contributed by atoms with Crippen LogP contribution >= 0.6 is 0 Å². The zero-order valence-electron chi connectivity index (χ0n) is 20.1. The SMILES string of the molecule is CN1CC(C#N)=Cc2cnn(-c3cc(NC4CCOC4)c(-n4cc(CCC(C)(C)O)nn4)cn3)c21. The highest BCUT2D eigenvalue weighted by Crippen LogP contribution is 2.31. The van der Waals surface area contributed by atoms with Crippen LogP contribution in [0.5, 0.6) is 0 Å². The van der Waals surface area contributed by atoms with Crippen LogP contribution in [0.15, 0.2) is 30.2 Å². The molecule has 1 saturated heterocycles. The highest BCUT2D eigenvalue weighted by Gasteiger charge is 2.24. The van der Waals surface area contributed by atoms with E-state index in [1.165, 1.54) is 0 Å². The minimum Gasteiger partial charge on any atom is -0.390 e. The number of nitrogens with one attached hydrogen (secondary N) is 1. The Labute approximate surface area is 203 Å². The molecule has 0 amide bonds. The van der Waals surface area contributed by atoms with Gasteiger partial charge in [-0.3, -0.25) is 0 Å². The molecule has 1 fully saturated rings. The molecule has 35 heavy (non-hydrogen) atoms. The van der Waals surface area contributed by atoms with Gasteiger partial charge in [-0.15, -0.1) is 5.10 Å². The summed E-state index contributed by atoms with van der Waals surface area (Å²) in [5.41, 5.74) is 3.23. The van der Waals surface area contributed by atoms with Crippen LogP contribution in [0.1, 0.15) is 37.9 Å². The minimum atomic E-state index is -0.762. The first-order chi connectivity index (χ1) is 16.8. The van der Waals surface area contributed by atoms with Crippen LogP contribution in [0.3, 0.4) is 0 Å². The van der Waals surface area contributed by atoms with Gasteiger partial charge in [-0.05, 0) is 39.2 Å². The standard InChI is InChI=1S/C24H29N9O2/c1-24(2,34)6-4-18-14-32(30-29-18)21-12-26-22(9-20(21)28-19-5-7-35-15-19)33-23-17(11-27-33)8-16(10-25)13-31(23)3/h8-9,11-12,14,19,34H,4-7,13,15H2,1-3H3,(H,26,28). The van der Waals surface area contributed by atoms with Gasteiger partial charge in [0.1, 0.15) is 11.5 Å². The van der Waals surface area contributed by atoms with E-state index in [0.717, 1.165) is 41.5 Å². The quantitative estimate of drug-likeness (QED) is 0.527. The maximum atomic E-state index is 10.0. The van der Waals surface area contributed by atoms with Crippen LogP contribution in [-0.4, -0.2) is 73.3 Å². The number of nitriles is 1. The number of ether oxygens (including phenoxy) is 1. The molecule has 2 aliphatic rings. The van der Waals surface area contributed by atoms with Crippen LogP contribution in [0.4, 0.5) is 11.5 Å². The largest absolute Gasteiger partial charge is 0.390 e. The van der Waals surface area contributed by atoms with Crippen LogP contribution in [-0.2, 0) is 11.2 Å². The smallest absolute Gasteiger partial charge is 0.157 e. The predicted octanol–water partition coefficient (Wildman–Crippen LogP) is 2.11. The van der Waals surface area contributed by atoms with Gasteiger partial charge in [-0.1, -0.05) is 5.21 Å². The van der Waals surface area contributed by atoms with Gasteiger partial charge < -0.3 is 20.1 Å². The average Bonchev–Trinajstić information content (AvgIpc) is 3.58. The zero-order valence-corrected chi connectivity index (χ0v) is 20.1. The molecule has 5 heterocycles. The first kappa shape index (κ1) is 23.0. The van der Waals surface area contributed by atoms with E-state index in [0.29, 0.717) is 37.4 Å². The van der Waals surface area contributed by atoms with E-state index >= 15 is 0 Å². The van der Waals surface area contributed by atoms with E-state index in [9.17, 15) is 10.4 Å². The van der Waals surface area contributed by atoms with E-state index in [4.69, 9.17) is 9.72 Å². The highest BCUT2D eigenvalue weighted by molar-refractivity contribution is 5.74. The Balaban J connectivity index is 1.50. The molecule has 0 saturated carbocycles. The number of fused-ring (bicyclic) bond motifs is 1. The van der Waals surface area contributed by atoms with Crippen molar-refractivity contribution >= 4 is 17.6 Å². The van der Waals surface area contributed by atoms with Gasteiger partial charge in [0.05, 0.1) is 60.8 Å². The molecule has 1 atom stereocenters. The van der Waals surface area contributed by atoms with Crippen LogP contribution in [0, 0.1) is 11.3 Å². The van der Waals surface area contributed by atoms with E-state index in [1.807, 2.05) is 30.3 Å². The summed E-state index contributed by atoms with van der Waals surface area (Å²) < 4.78 is 9.06. The van der Waals surface area contributed by atoms with E-state index < -0.39 is 5.60 Å². The number of pyridine rings is 1. The van der Waals surface area contributed by atoms with Crippen molar-refractivity contribution in [3.63, 3.8) is 0 Å². The maximum absolute atomic E-state index is 10.0. The van der Waals surface area contributed by atoms with Crippen molar-refractivity contribution < 1.29 is 9.84 Å². The van der Waals surface area contributed by atoms with E-state index in [2.05, 4.69) is 26.8 Å². The summed E-state index contributed by atoms with van der Waals surface area (Å²) in [5, 5.41) is 36.1. The van der Waals surface area contributed by atoms with E-state index in [-0.39, 0.29) is 6.04 Å². The van der Waals surface area contributed by atoms with Gasteiger partial charge in [0.15, 0.2) is 5.82 Å². The first-order valence-corrected chi connectivity index (χ1v) is 11.7. The normalized spacial score (nSPS) is 17.7. The second kappa shape index (κ2) is 9.13. The molecule has 3 aromatic rings. The number of aryl methyl sites for hydroxylation is 1. The van der Waals surface area contributed by atoms with Crippen molar-refractivity contribution in [3.8, 4) is 17.6 Å². The average molecular weight is 476 g/mol. The Morgan fingerprint density at radius 1 is 1.34 bits per heavy atom. The Kier molecular flexibility index (Phi) is 6.00. The number of likely N-dealkylation sites (N-methyl/N-ethyl adjacent to an activating group) is 1. The third-order valence-corrected chi connectivity index (χ3v) is 6.17. The van der Waals surface area contributed by atoms with Crippen molar-refractivity contribution in [2.24, 2.45) is 0 Å². The fraction of sp³-hybridized carbons (Fsp3) is 0.458. The van der Waals surface area contributed by atoms with Gasteiger partial charge in [0.2, 0.25) is 0 Å². The van der Waals surface area contributed by atoms with Gasteiger partial charge >= 0.3 is 0 Å². The fourth-order valence-electron chi connectivity index (χ4n) is 4.32. The number of aliphatic hydroxyl groups is 1. The Bertz CT molecular complexity index is 1290. The molecule has 2 N–H and O–H groups in total. The van der Waals surface area contributed by atoms with Crippen LogP contribution < -0.4 is 10.2 Å². The van der Waals surface area contributed by atoms with Crippen LogP contribution in [0.25, 0.3) is 17.6 Å². The lowest BCUT2D eigenvalue weighted by atomic mass is 10.0. The summed E-state index contributed by atoms with van der Waals surface area (Å²) in [6, 6.07) is 4.37. The lowest BCUT2D eigenvalue weighted by Crippen LogP contribution is -2.26. The van der Waals surface area contributed by atoms with Gasteiger partial charge in [-0.2, -0.15) is 15.0 Å². The van der Waals surface area contributed by atoms with Gasteiger partial charge in [0, 0.05) is 30.9 Å². The van der Waals surface area contributed by atoms with Crippen molar-refractivity contribution in [1.82, 2.24) is 29.8 Å². The number of rotatable bonds is 7. The van der Waals surface area contributed by atoms with Gasteiger partial charge in [0.25, 0.3) is 0 Å². The minimum absolute atomic E-state index is 0.178. The summed E-state index contributed by atoms with van der Waals surface area (Å²) in [5.74, 6) is 1.54. The number of hydrogen-bond donors (Lipinski definition) is 2. The summed E-state index contributed by atoms with van der Waals surface area (Å²) in [6.07, 6.45) is 9.37. The molecule has 3 aromatic heterocycles. The molecule has 0 radical (unpaired) electrons. The number of aromatic nitrogens is 6. The molecular weight excluding hydrogens is 446 g/mol. The maximum Gasteiger partial charge on any atom is 0.157 e. The number of anilines is 2. The molecule has 1 unspecified atom stereocenters. The molecule has 5 rings (SSSR count). The van der Waals surface area contributed by atoms with E-state index in [1.54, 1.807) is 35.6 Å². The topological polar surface area (TPSA) is 130 Å². The molecule has 182 valence electrons. The second-order valence-corrected chi connectivity index (χ2v) is 9.70. The predicted molar refractivity (Wildman–Crippen MR) is 131 cm³/mol. The summed E-state index contributed by atoms with van der Waals surface area (Å²) in [6.45, 7) is 5.44. The van der Waals surface area contributed by atoms with Gasteiger partial charge in [-0.25, -0.2) is 9.67 Å². The molecule has 0 aliphatic carbocycles. The molecule has 11 heteroatoms.